The van der Waals surface area contributed by atoms with Crippen molar-refractivity contribution in [2.45, 2.75) is 72.9 Å². The number of carboxylic acids is 4. The van der Waals surface area contributed by atoms with Gasteiger partial charge in [-0.3, -0.25) is 19.2 Å². The normalized spacial score (nSPS) is 32.2. The summed E-state index contributed by atoms with van der Waals surface area (Å²) in [6, 6.07) is -7.57. The standard InChI is InChI=1S/2C12H20N3O8.3Hf/c2*16-2-1-13-7-10(21)8(14-3-5(17)18)12(23)9(11(7)22)15-4-6(19)20;;;/h2*7-12,16,21-23H,1-4H2,(H,17,18)(H,19,20);;;/q2*-3;;;. The Kier molecular flexibility index (Phi) is 29.9. The van der Waals surface area contributed by atoms with E-state index in [0.717, 1.165) is 0 Å². The largest absolute Gasteiger partial charge is 0.654 e. The Labute approximate surface area is 336 Å². The van der Waals surface area contributed by atoms with Crippen molar-refractivity contribution in [3.8, 4) is 0 Å². The van der Waals surface area contributed by atoms with Crippen LogP contribution in [-0.4, -0.2) is 211 Å². The molecule has 2 fully saturated rings. The second-order valence-electron chi connectivity index (χ2n) is 10.1. The summed E-state index contributed by atoms with van der Waals surface area (Å²) in [6.07, 6.45) is -9.05. The topological polar surface area (TPSA) is 396 Å². The second kappa shape index (κ2) is 27.5. The van der Waals surface area contributed by atoms with E-state index < -0.39 is 123 Å². The van der Waals surface area contributed by atoms with E-state index in [1.807, 2.05) is 0 Å². The van der Waals surface area contributed by atoms with E-state index in [-0.39, 0.29) is 104 Å². The van der Waals surface area contributed by atoms with Gasteiger partial charge in [0, 0.05) is 127 Å². The van der Waals surface area contributed by atoms with E-state index in [0.29, 0.717) is 0 Å². The van der Waals surface area contributed by atoms with Crippen LogP contribution in [0.3, 0.4) is 0 Å². The number of nitrogens with zero attached hydrogens (tertiary/aromatic N) is 6. The number of hydrogen-bond donors (Lipinski definition) is 12. The molecule has 2 rings (SSSR count). The minimum atomic E-state index is -1.56. The number of carbonyl (C=O) groups is 4. The zero-order chi connectivity index (χ0) is 35.1. The molecule has 22 nitrogen and oxygen atoms in total. The van der Waals surface area contributed by atoms with Crippen LogP contribution in [0.25, 0.3) is 31.9 Å². The Hall–Kier alpha value is -0.0696. The summed E-state index contributed by atoms with van der Waals surface area (Å²) < 4.78 is 0. The van der Waals surface area contributed by atoms with Crippen molar-refractivity contribution in [2.24, 2.45) is 0 Å². The number of aliphatic hydroxyl groups is 8. The Balaban J connectivity index is -0.000000814. The van der Waals surface area contributed by atoms with Gasteiger partial charge in [-0.05, 0) is 26.2 Å². The molecule has 0 spiro atoms. The minimum Gasteiger partial charge on any atom is -0.654 e. The van der Waals surface area contributed by atoms with E-state index in [1.54, 1.807) is 0 Å². The number of carboxylic acid groups (broad SMARTS) is 4. The molecule has 2 saturated carbocycles. The first-order valence-electron chi connectivity index (χ1n) is 13.8. The van der Waals surface area contributed by atoms with E-state index >= 15 is 0 Å². The van der Waals surface area contributed by atoms with Gasteiger partial charge < -0.3 is 93.2 Å². The molecular weight excluding hydrogens is 1160 g/mol. The van der Waals surface area contributed by atoms with Crippen LogP contribution < -0.4 is 0 Å². The first-order chi connectivity index (χ1) is 21.6. The van der Waals surface area contributed by atoms with Crippen LogP contribution in [0.4, 0.5) is 0 Å². The summed E-state index contributed by atoms with van der Waals surface area (Å²) >= 11 is 0. The van der Waals surface area contributed by atoms with Gasteiger partial charge in [-0.1, -0.05) is 36.3 Å². The van der Waals surface area contributed by atoms with Crippen molar-refractivity contribution in [1.29, 1.82) is 0 Å². The third-order valence-corrected chi connectivity index (χ3v) is 6.83. The molecule has 0 saturated heterocycles. The maximum absolute atomic E-state index is 10.6. The second-order valence-corrected chi connectivity index (χ2v) is 10.1. The summed E-state index contributed by atoms with van der Waals surface area (Å²) in [7, 11) is 0. The van der Waals surface area contributed by atoms with Gasteiger partial charge in [0.25, 0.3) is 23.9 Å². The first kappa shape index (κ1) is 53.3. The molecule has 0 bridgehead atoms. The predicted molar refractivity (Wildman–Crippen MR) is 153 cm³/mol. The molecule has 25 heteroatoms. The van der Waals surface area contributed by atoms with E-state index in [2.05, 4.69) is 31.9 Å². The summed E-state index contributed by atoms with van der Waals surface area (Å²) in [6.45, 7) is -3.64. The molecule has 0 radical (unpaired) electrons. The van der Waals surface area contributed by atoms with Crippen LogP contribution in [0.1, 0.15) is 0 Å². The van der Waals surface area contributed by atoms with Gasteiger partial charge in [-0.25, -0.2) is 0 Å². The van der Waals surface area contributed by atoms with Gasteiger partial charge in [0.05, 0.1) is 0 Å². The fourth-order valence-corrected chi connectivity index (χ4v) is 4.87. The van der Waals surface area contributed by atoms with E-state index in [1.165, 1.54) is 0 Å². The monoisotopic (exact) mass is 1210 g/mol. The molecule has 0 amide bonds. The molecule has 8 unspecified atom stereocenters. The summed E-state index contributed by atoms with van der Waals surface area (Å²) in [5.41, 5.74) is 0. The Bertz CT molecular complexity index is 846. The molecule has 49 heavy (non-hydrogen) atoms. The van der Waals surface area contributed by atoms with Crippen LogP contribution in [-0.2, 0) is 96.7 Å². The van der Waals surface area contributed by atoms with Crippen molar-refractivity contribution in [3.63, 3.8) is 0 Å². The molecule has 2 aliphatic carbocycles. The van der Waals surface area contributed by atoms with Gasteiger partial charge in [0.1, 0.15) is 0 Å². The van der Waals surface area contributed by atoms with Crippen LogP contribution in [0.2, 0.25) is 0 Å². The summed E-state index contributed by atoms with van der Waals surface area (Å²) in [5, 5.41) is 136. The zero-order valence-corrected chi connectivity index (χ0v) is 36.5. The number of aliphatic carboxylic acids is 4. The van der Waals surface area contributed by atoms with Gasteiger partial charge in [0.15, 0.2) is 0 Å². The average Bonchev–Trinajstić information content (AvgIpc) is 2.96. The van der Waals surface area contributed by atoms with Crippen LogP contribution in [0.5, 0.6) is 0 Å². The van der Waals surface area contributed by atoms with Crippen molar-refractivity contribution in [3.05, 3.63) is 31.9 Å². The molecule has 0 aliphatic heterocycles. The third kappa shape index (κ3) is 17.5. The van der Waals surface area contributed by atoms with Gasteiger partial charge in [-0.2, -0.15) is 0 Å². The molecule has 8 atom stereocenters. The minimum absolute atomic E-state index is 0. The quantitative estimate of drug-likeness (QED) is 0.0572. The predicted octanol–water partition coefficient (Wildman–Crippen LogP) is -5.07. The number of rotatable bonds is 18. The maximum Gasteiger partial charge on any atom is 0.282 e. The molecule has 0 aromatic carbocycles. The molecule has 2 aliphatic rings. The molecule has 0 aromatic heterocycles. The molecule has 280 valence electrons. The fraction of sp³-hybridized carbons (Fsp3) is 0.833. The van der Waals surface area contributed by atoms with Gasteiger partial charge >= 0.3 is 0 Å². The third-order valence-electron chi connectivity index (χ3n) is 6.83. The molecule has 12 N–H and O–H groups in total. The maximum atomic E-state index is 10.6. The van der Waals surface area contributed by atoms with Crippen molar-refractivity contribution in [2.75, 3.05) is 52.5 Å². The van der Waals surface area contributed by atoms with Crippen LogP contribution in [0.15, 0.2) is 0 Å². The van der Waals surface area contributed by atoms with Crippen LogP contribution >= 0.6 is 0 Å². The smallest absolute Gasteiger partial charge is 0.282 e. The molecule has 0 aromatic rings. The summed E-state index contributed by atoms with van der Waals surface area (Å²) in [4.78, 5) is 42.4. The average molecular weight is 1200 g/mol. The SMILES string of the molecule is O=C(O)C[N-]C1C(O)C([N-]CCO)C(O)C([N-]CC(=O)O)C1O.O=C(O)C[N-]C1C(O)C([N-]CCO)C(O)C([N-]CC(=O)O)C1O.[Hf].[Hf].[Hf]. The number of hydrogen-bond acceptors (Lipinski definition) is 12. The van der Waals surface area contributed by atoms with Crippen molar-refractivity contribution < 1.29 is 158 Å². The Morgan fingerprint density at radius 3 is 0.673 bits per heavy atom. The summed E-state index contributed by atoms with van der Waals surface area (Å²) in [5.74, 6) is -5.12. The zero-order valence-electron chi connectivity index (χ0n) is 25.8. The van der Waals surface area contributed by atoms with Crippen molar-refractivity contribution in [1.82, 2.24) is 0 Å². The number of aliphatic hydroxyl groups excluding tert-OH is 8. The van der Waals surface area contributed by atoms with Crippen molar-refractivity contribution >= 4 is 23.9 Å². The van der Waals surface area contributed by atoms with Gasteiger partial charge in [0.2, 0.25) is 0 Å². The fourth-order valence-electron chi connectivity index (χ4n) is 4.87. The van der Waals surface area contributed by atoms with E-state index in [9.17, 15) is 49.8 Å². The Morgan fingerprint density at radius 2 is 0.531 bits per heavy atom. The van der Waals surface area contributed by atoms with Gasteiger partial charge in [-0.15, -0.1) is 13.1 Å². The first-order valence-corrected chi connectivity index (χ1v) is 13.8. The Morgan fingerprint density at radius 1 is 0.367 bits per heavy atom. The molecule has 0 heterocycles. The van der Waals surface area contributed by atoms with E-state index in [4.69, 9.17) is 30.6 Å². The molecular formula is C24H40Hf3N6O16-6. The van der Waals surface area contributed by atoms with Crippen LogP contribution in [0, 0.1) is 0 Å².